The molecule has 1 aliphatic heterocycles. The molecule has 21 heavy (non-hydrogen) atoms. The molecule has 0 aliphatic carbocycles. The van der Waals surface area contributed by atoms with Crippen molar-refractivity contribution in [3.63, 3.8) is 0 Å². The Morgan fingerprint density at radius 2 is 2.29 bits per heavy atom. The molecule has 0 bridgehead atoms. The van der Waals surface area contributed by atoms with Crippen LogP contribution < -0.4 is 5.32 Å². The normalized spacial score (nSPS) is 20.0. The van der Waals surface area contributed by atoms with Crippen molar-refractivity contribution in [2.24, 2.45) is 5.92 Å². The van der Waals surface area contributed by atoms with Crippen LogP contribution in [0.3, 0.4) is 0 Å². The van der Waals surface area contributed by atoms with Crippen molar-refractivity contribution in [1.82, 2.24) is 30.3 Å². The van der Waals surface area contributed by atoms with Gasteiger partial charge in [-0.2, -0.15) is 5.10 Å². The third kappa shape index (κ3) is 3.71. The molecule has 0 aromatic carbocycles. The van der Waals surface area contributed by atoms with Crippen LogP contribution in [0.15, 0.2) is 6.33 Å². The van der Waals surface area contributed by atoms with E-state index in [1.807, 2.05) is 6.92 Å². The van der Waals surface area contributed by atoms with Gasteiger partial charge in [0.05, 0.1) is 12.0 Å². The summed E-state index contributed by atoms with van der Waals surface area (Å²) >= 11 is 0. The number of carbonyl (C=O) groups excluding carboxylic acids is 2. The van der Waals surface area contributed by atoms with Crippen molar-refractivity contribution in [1.29, 1.82) is 0 Å². The highest BCUT2D eigenvalue weighted by Crippen LogP contribution is 2.18. The summed E-state index contributed by atoms with van der Waals surface area (Å²) < 4.78 is 0. The van der Waals surface area contributed by atoms with Gasteiger partial charge < -0.3 is 15.1 Å². The standard InChI is InChI=1S/C13H22N6O2/c1-9(11-14-8-15-17-11)16-12(20)10-5-4-6-19(7-10)13(21)18(2)3/h8-10H,4-7H2,1-3H3,(H,16,20)(H,14,15,17). The number of likely N-dealkylation sites (tertiary alicyclic amines) is 1. The van der Waals surface area contributed by atoms with Crippen LogP contribution >= 0.6 is 0 Å². The van der Waals surface area contributed by atoms with Crippen LogP contribution in [0, 0.1) is 5.92 Å². The summed E-state index contributed by atoms with van der Waals surface area (Å²) in [6.07, 6.45) is 3.05. The van der Waals surface area contributed by atoms with Crippen molar-refractivity contribution in [2.45, 2.75) is 25.8 Å². The van der Waals surface area contributed by atoms with E-state index < -0.39 is 0 Å². The SMILES string of the molecule is CC(NC(=O)C1CCCN(C(=O)N(C)C)C1)c1ncn[nH]1. The molecule has 8 nitrogen and oxygen atoms in total. The van der Waals surface area contributed by atoms with Gasteiger partial charge in [-0.15, -0.1) is 0 Å². The monoisotopic (exact) mass is 294 g/mol. The number of piperidine rings is 1. The fraction of sp³-hybridized carbons (Fsp3) is 0.692. The Morgan fingerprint density at radius 3 is 2.90 bits per heavy atom. The van der Waals surface area contributed by atoms with Crippen LogP contribution in [0.25, 0.3) is 0 Å². The van der Waals surface area contributed by atoms with E-state index in [9.17, 15) is 9.59 Å². The van der Waals surface area contributed by atoms with Gasteiger partial charge in [-0.05, 0) is 19.8 Å². The molecule has 0 radical (unpaired) electrons. The summed E-state index contributed by atoms with van der Waals surface area (Å²) in [5.41, 5.74) is 0. The molecule has 8 heteroatoms. The predicted octanol–water partition coefficient (Wildman–Crippen LogP) is 0.376. The van der Waals surface area contributed by atoms with Gasteiger partial charge >= 0.3 is 6.03 Å². The maximum Gasteiger partial charge on any atom is 0.319 e. The first-order chi connectivity index (χ1) is 9.99. The Bertz CT molecular complexity index is 487. The highest BCUT2D eigenvalue weighted by molar-refractivity contribution is 5.81. The number of aromatic nitrogens is 3. The van der Waals surface area contributed by atoms with Gasteiger partial charge in [-0.25, -0.2) is 9.78 Å². The average Bonchev–Trinajstić information content (AvgIpc) is 3.00. The lowest BCUT2D eigenvalue weighted by molar-refractivity contribution is -0.127. The maximum absolute atomic E-state index is 12.3. The summed E-state index contributed by atoms with van der Waals surface area (Å²) in [6.45, 7) is 3.02. The smallest absolute Gasteiger partial charge is 0.319 e. The molecule has 3 amide bonds. The zero-order chi connectivity index (χ0) is 15.4. The summed E-state index contributed by atoms with van der Waals surface area (Å²) in [5.74, 6) is 0.406. The minimum absolute atomic E-state index is 0.0456. The van der Waals surface area contributed by atoms with Gasteiger partial charge in [0.15, 0.2) is 0 Å². The van der Waals surface area contributed by atoms with Crippen LogP contribution in [-0.2, 0) is 4.79 Å². The van der Waals surface area contributed by atoms with E-state index in [0.717, 1.165) is 12.8 Å². The van der Waals surface area contributed by atoms with Gasteiger partial charge in [0, 0.05) is 27.2 Å². The number of aromatic amines is 1. The molecule has 1 fully saturated rings. The van der Waals surface area contributed by atoms with Gasteiger partial charge in [-0.1, -0.05) is 0 Å². The van der Waals surface area contributed by atoms with E-state index >= 15 is 0 Å². The molecule has 1 aromatic rings. The highest BCUT2D eigenvalue weighted by Gasteiger charge is 2.30. The number of urea groups is 1. The van der Waals surface area contributed by atoms with Crippen LogP contribution in [0.5, 0.6) is 0 Å². The maximum atomic E-state index is 12.3. The van der Waals surface area contributed by atoms with E-state index in [1.54, 1.807) is 19.0 Å². The Kier molecular flexibility index (Phi) is 4.77. The first-order valence-corrected chi connectivity index (χ1v) is 7.11. The summed E-state index contributed by atoms with van der Waals surface area (Å²) in [7, 11) is 3.44. The summed E-state index contributed by atoms with van der Waals surface area (Å²) in [5, 5.41) is 9.43. The molecule has 0 saturated carbocycles. The van der Waals surface area contributed by atoms with Crippen molar-refractivity contribution in [2.75, 3.05) is 27.2 Å². The number of rotatable bonds is 3. The molecule has 0 spiro atoms. The summed E-state index contributed by atoms with van der Waals surface area (Å²) in [6, 6.07) is -0.268. The van der Waals surface area contributed by atoms with Crippen LogP contribution in [0.1, 0.15) is 31.6 Å². The molecule has 2 heterocycles. The molecular formula is C13H22N6O2. The van der Waals surface area contributed by atoms with Crippen LogP contribution in [0.4, 0.5) is 4.79 Å². The van der Waals surface area contributed by atoms with Crippen molar-refractivity contribution >= 4 is 11.9 Å². The lowest BCUT2D eigenvalue weighted by Gasteiger charge is -2.34. The molecule has 1 saturated heterocycles. The Labute approximate surface area is 123 Å². The van der Waals surface area contributed by atoms with E-state index in [4.69, 9.17) is 0 Å². The number of H-pyrrole nitrogens is 1. The number of amides is 3. The highest BCUT2D eigenvalue weighted by atomic mass is 16.2. The average molecular weight is 294 g/mol. The van der Waals surface area contributed by atoms with E-state index in [-0.39, 0.29) is 23.9 Å². The number of hydrogen-bond acceptors (Lipinski definition) is 4. The third-order valence-electron chi connectivity index (χ3n) is 3.65. The molecule has 2 unspecified atom stereocenters. The molecule has 2 rings (SSSR count). The molecule has 2 N–H and O–H groups in total. The van der Waals surface area contributed by atoms with Crippen molar-refractivity contribution < 1.29 is 9.59 Å². The molecule has 2 atom stereocenters. The minimum Gasteiger partial charge on any atom is -0.346 e. The van der Waals surface area contributed by atoms with Gasteiger partial charge in [-0.3, -0.25) is 9.89 Å². The molecule has 116 valence electrons. The lowest BCUT2D eigenvalue weighted by Crippen LogP contribution is -2.48. The fourth-order valence-corrected chi connectivity index (χ4v) is 2.47. The number of hydrogen-bond donors (Lipinski definition) is 2. The van der Waals surface area contributed by atoms with Crippen LogP contribution in [0.2, 0.25) is 0 Å². The van der Waals surface area contributed by atoms with Crippen molar-refractivity contribution in [3.05, 3.63) is 12.2 Å². The second-order valence-corrected chi connectivity index (χ2v) is 5.56. The largest absolute Gasteiger partial charge is 0.346 e. The van der Waals surface area contributed by atoms with E-state index in [2.05, 4.69) is 20.5 Å². The van der Waals surface area contributed by atoms with E-state index in [0.29, 0.717) is 18.9 Å². The van der Waals surface area contributed by atoms with Crippen LogP contribution in [-0.4, -0.2) is 64.1 Å². The zero-order valence-corrected chi connectivity index (χ0v) is 12.7. The summed E-state index contributed by atoms with van der Waals surface area (Å²) in [4.78, 5) is 31.6. The molecule has 1 aliphatic rings. The first-order valence-electron chi connectivity index (χ1n) is 7.11. The Morgan fingerprint density at radius 1 is 1.52 bits per heavy atom. The quantitative estimate of drug-likeness (QED) is 0.842. The van der Waals surface area contributed by atoms with E-state index in [1.165, 1.54) is 11.2 Å². The zero-order valence-electron chi connectivity index (χ0n) is 12.7. The Balaban J connectivity index is 1.91. The minimum atomic E-state index is -0.222. The lowest BCUT2D eigenvalue weighted by atomic mass is 9.97. The first kappa shape index (κ1) is 15.3. The second-order valence-electron chi connectivity index (χ2n) is 5.56. The number of nitrogens with one attached hydrogen (secondary N) is 2. The number of nitrogens with zero attached hydrogens (tertiary/aromatic N) is 4. The van der Waals surface area contributed by atoms with Gasteiger partial charge in [0.25, 0.3) is 0 Å². The second kappa shape index (κ2) is 6.55. The molecule has 1 aromatic heterocycles. The van der Waals surface area contributed by atoms with Gasteiger partial charge in [0.1, 0.15) is 12.2 Å². The Hall–Kier alpha value is -2.12. The number of carbonyl (C=O) groups is 2. The topological polar surface area (TPSA) is 94.2 Å². The molecular weight excluding hydrogens is 272 g/mol. The predicted molar refractivity (Wildman–Crippen MR) is 76.3 cm³/mol. The fourth-order valence-electron chi connectivity index (χ4n) is 2.47. The van der Waals surface area contributed by atoms with Gasteiger partial charge in [0.2, 0.25) is 5.91 Å². The van der Waals surface area contributed by atoms with Crippen molar-refractivity contribution in [3.8, 4) is 0 Å². The third-order valence-corrected chi connectivity index (χ3v) is 3.65.